The Morgan fingerprint density at radius 2 is 2.29 bits per heavy atom. The van der Waals surface area contributed by atoms with Crippen molar-refractivity contribution >= 4 is 11.7 Å². The van der Waals surface area contributed by atoms with Crippen LogP contribution in [0.5, 0.6) is 0 Å². The molecule has 1 aromatic rings. The Balaban J connectivity index is 2.32. The smallest absolute Gasteiger partial charge is 0.267 e. The van der Waals surface area contributed by atoms with Gasteiger partial charge in [-0.15, -0.1) is 0 Å². The lowest BCUT2D eigenvalue weighted by Gasteiger charge is -2.43. The highest BCUT2D eigenvalue weighted by Crippen LogP contribution is 2.23. The second-order valence-electron chi connectivity index (χ2n) is 4.89. The molecule has 3 N–H and O–H groups in total. The van der Waals surface area contributed by atoms with E-state index in [1.807, 2.05) is 12.1 Å². The average Bonchev–Trinajstić information content (AvgIpc) is 2.28. The highest BCUT2D eigenvalue weighted by molar-refractivity contribution is 5.91. The molecule has 1 fully saturated rings. The number of rotatable bonds is 2. The van der Waals surface area contributed by atoms with E-state index in [0.717, 1.165) is 25.5 Å². The van der Waals surface area contributed by atoms with Gasteiger partial charge < -0.3 is 16.0 Å². The van der Waals surface area contributed by atoms with Crippen molar-refractivity contribution < 1.29 is 4.79 Å². The van der Waals surface area contributed by atoms with Crippen LogP contribution in [0.15, 0.2) is 18.2 Å². The quantitative estimate of drug-likeness (QED) is 0.775. The summed E-state index contributed by atoms with van der Waals surface area (Å²) in [6.45, 7) is 7.00. The minimum absolute atomic E-state index is 0.0124. The molecule has 1 saturated heterocycles. The lowest BCUT2D eigenvalue weighted by molar-refractivity contribution is 0.0995. The van der Waals surface area contributed by atoms with Crippen LogP contribution in [0.1, 0.15) is 24.3 Å². The van der Waals surface area contributed by atoms with Crippen molar-refractivity contribution in [3.8, 4) is 0 Å². The maximum absolute atomic E-state index is 11.1. The molecule has 0 radical (unpaired) electrons. The summed E-state index contributed by atoms with van der Waals surface area (Å²) in [7, 11) is 0. The standard InChI is InChI=1S/C12H18N4O/c1-12(2)8-14-6-7-16(12)10-5-3-4-9(15-10)11(13)17/h3-5,14H,6-8H2,1-2H3,(H2,13,17). The summed E-state index contributed by atoms with van der Waals surface area (Å²) in [4.78, 5) is 17.6. The molecule has 5 nitrogen and oxygen atoms in total. The zero-order valence-corrected chi connectivity index (χ0v) is 10.2. The predicted molar refractivity (Wildman–Crippen MR) is 67.0 cm³/mol. The third-order valence-electron chi connectivity index (χ3n) is 3.06. The number of piperazine rings is 1. The zero-order chi connectivity index (χ0) is 12.5. The molecule has 1 aromatic heterocycles. The molecule has 2 rings (SSSR count). The van der Waals surface area contributed by atoms with Crippen molar-refractivity contribution in [2.45, 2.75) is 19.4 Å². The van der Waals surface area contributed by atoms with Crippen LogP contribution in [0.2, 0.25) is 0 Å². The van der Waals surface area contributed by atoms with Gasteiger partial charge in [-0.05, 0) is 26.0 Å². The molecule has 92 valence electrons. The number of carbonyl (C=O) groups is 1. The SMILES string of the molecule is CC1(C)CNCCN1c1cccc(C(N)=O)n1. The molecule has 1 aliphatic rings. The van der Waals surface area contributed by atoms with Gasteiger partial charge in [0, 0.05) is 25.2 Å². The topological polar surface area (TPSA) is 71.2 Å². The second kappa shape index (κ2) is 4.33. The fraction of sp³-hybridized carbons (Fsp3) is 0.500. The van der Waals surface area contributed by atoms with Gasteiger partial charge >= 0.3 is 0 Å². The number of nitrogens with two attached hydrogens (primary N) is 1. The Kier molecular flexibility index (Phi) is 3.02. The molecule has 0 aliphatic carbocycles. The monoisotopic (exact) mass is 234 g/mol. The molecule has 0 atom stereocenters. The first-order valence-corrected chi connectivity index (χ1v) is 5.76. The number of hydrogen-bond acceptors (Lipinski definition) is 4. The van der Waals surface area contributed by atoms with Crippen molar-refractivity contribution in [3.05, 3.63) is 23.9 Å². The molecule has 1 amide bonds. The van der Waals surface area contributed by atoms with Crippen LogP contribution in [-0.4, -0.2) is 36.1 Å². The minimum atomic E-state index is -0.486. The number of primary amides is 1. The van der Waals surface area contributed by atoms with Crippen molar-refractivity contribution in [2.24, 2.45) is 5.73 Å². The van der Waals surface area contributed by atoms with E-state index in [1.54, 1.807) is 6.07 Å². The largest absolute Gasteiger partial charge is 0.364 e. The molecule has 0 saturated carbocycles. The van der Waals surface area contributed by atoms with Crippen molar-refractivity contribution in [3.63, 3.8) is 0 Å². The van der Waals surface area contributed by atoms with Crippen LogP contribution in [0.25, 0.3) is 0 Å². The molecular weight excluding hydrogens is 216 g/mol. The molecule has 5 heteroatoms. The number of anilines is 1. The number of pyridine rings is 1. The van der Waals surface area contributed by atoms with Crippen molar-refractivity contribution in [2.75, 3.05) is 24.5 Å². The molecule has 0 aromatic carbocycles. The molecule has 0 bridgehead atoms. The Morgan fingerprint density at radius 3 is 2.94 bits per heavy atom. The average molecular weight is 234 g/mol. The van der Waals surface area contributed by atoms with Gasteiger partial charge in [-0.3, -0.25) is 4.79 Å². The molecule has 17 heavy (non-hydrogen) atoms. The molecular formula is C12H18N4O. The minimum Gasteiger partial charge on any atom is -0.364 e. The Hall–Kier alpha value is -1.62. The zero-order valence-electron chi connectivity index (χ0n) is 10.2. The summed E-state index contributed by atoms with van der Waals surface area (Å²) in [6.07, 6.45) is 0. The number of aromatic nitrogens is 1. The summed E-state index contributed by atoms with van der Waals surface area (Å²) in [5.41, 5.74) is 5.55. The third kappa shape index (κ3) is 2.39. The number of nitrogens with zero attached hydrogens (tertiary/aromatic N) is 2. The fourth-order valence-electron chi connectivity index (χ4n) is 2.12. The molecule has 0 unspecified atom stereocenters. The third-order valence-corrected chi connectivity index (χ3v) is 3.06. The van der Waals surface area contributed by atoms with Gasteiger partial charge in [-0.1, -0.05) is 6.07 Å². The summed E-state index contributed by atoms with van der Waals surface area (Å²) >= 11 is 0. The number of nitrogens with one attached hydrogen (secondary N) is 1. The normalized spacial score (nSPS) is 19.1. The van der Waals surface area contributed by atoms with Crippen molar-refractivity contribution in [1.82, 2.24) is 10.3 Å². The number of amides is 1. The van der Waals surface area contributed by atoms with Crippen LogP contribution >= 0.6 is 0 Å². The van der Waals surface area contributed by atoms with E-state index in [9.17, 15) is 4.79 Å². The predicted octanol–water partition coefficient (Wildman–Crippen LogP) is 0.369. The van der Waals surface area contributed by atoms with Gasteiger partial charge in [0.2, 0.25) is 0 Å². The van der Waals surface area contributed by atoms with Crippen molar-refractivity contribution in [1.29, 1.82) is 0 Å². The van der Waals surface area contributed by atoms with Gasteiger partial charge in [-0.2, -0.15) is 0 Å². The van der Waals surface area contributed by atoms with E-state index in [0.29, 0.717) is 5.69 Å². The lowest BCUT2D eigenvalue weighted by Crippen LogP contribution is -2.58. The summed E-state index contributed by atoms with van der Waals surface area (Å²) in [5.74, 6) is 0.326. The van der Waals surface area contributed by atoms with E-state index in [2.05, 4.69) is 29.0 Å². The van der Waals surface area contributed by atoms with Crippen LogP contribution < -0.4 is 16.0 Å². The van der Waals surface area contributed by atoms with Gasteiger partial charge in [-0.25, -0.2) is 4.98 Å². The van der Waals surface area contributed by atoms with E-state index in [4.69, 9.17) is 5.73 Å². The summed E-state index contributed by atoms with van der Waals surface area (Å²) < 4.78 is 0. The first-order chi connectivity index (χ1) is 8.00. The Labute approximate surface area is 101 Å². The second-order valence-corrected chi connectivity index (χ2v) is 4.89. The summed E-state index contributed by atoms with van der Waals surface area (Å²) in [6, 6.07) is 5.38. The van der Waals surface area contributed by atoms with Crippen LogP contribution in [0, 0.1) is 0 Å². The van der Waals surface area contributed by atoms with E-state index in [-0.39, 0.29) is 5.54 Å². The lowest BCUT2D eigenvalue weighted by atomic mass is 10.0. The number of carbonyl (C=O) groups excluding carboxylic acids is 1. The van der Waals surface area contributed by atoms with Crippen LogP contribution in [0.3, 0.4) is 0 Å². The van der Waals surface area contributed by atoms with Gasteiger partial charge in [0.25, 0.3) is 5.91 Å². The van der Waals surface area contributed by atoms with E-state index < -0.39 is 5.91 Å². The van der Waals surface area contributed by atoms with E-state index in [1.165, 1.54) is 0 Å². The van der Waals surface area contributed by atoms with Gasteiger partial charge in [0.15, 0.2) is 0 Å². The number of hydrogen-bond donors (Lipinski definition) is 2. The van der Waals surface area contributed by atoms with Gasteiger partial charge in [0.1, 0.15) is 11.5 Å². The Morgan fingerprint density at radius 1 is 1.53 bits per heavy atom. The first-order valence-electron chi connectivity index (χ1n) is 5.76. The van der Waals surface area contributed by atoms with Crippen LogP contribution in [0.4, 0.5) is 5.82 Å². The highest BCUT2D eigenvalue weighted by Gasteiger charge is 2.30. The fourth-order valence-corrected chi connectivity index (χ4v) is 2.12. The molecule has 2 heterocycles. The molecule has 0 spiro atoms. The molecule has 1 aliphatic heterocycles. The van der Waals surface area contributed by atoms with Gasteiger partial charge in [0.05, 0.1) is 0 Å². The maximum atomic E-state index is 11.1. The first kappa shape index (κ1) is 11.9. The highest BCUT2D eigenvalue weighted by atomic mass is 16.1. The summed E-state index contributed by atoms with van der Waals surface area (Å²) in [5, 5.41) is 3.35. The van der Waals surface area contributed by atoms with E-state index >= 15 is 0 Å². The Bertz CT molecular complexity index is 430. The van der Waals surface area contributed by atoms with Crippen LogP contribution in [-0.2, 0) is 0 Å². The maximum Gasteiger partial charge on any atom is 0.267 e.